The summed E-state index contributed by atoms with van der Waals surface area (Å²) in [6, 6.07) is 7.71. The van der Waals surface area contributed by atoms with Gasteiger partial charge >= 0.3 is 0 Å². The third-order valence-electron chi connectivity index (χ3n) is 2.46. The zero-order chi connectivity index (χ0) is 13.5. The third-order valence-corrected chi connectivity index (χ3v) is 2.99. The van der Waals surface area contributed by atoms with Crippen molar-refractivity contribution in [3.05, 3.63) is 46.8 Å². The average Bonchev–Trinajstić information content (AvgIpc) is 2.46. The molecule has 2 rings (SSSR count). The molecule has 0 aliphatic rings. The maximum atomic E-state index is 5.62. The fourth-order valence-corrected chi connectivity index (χ4v) is 1.73. The van der Waals surface area contributed by atoms with Crippen LogP contribution in [0.3, 0.4) is 0 Å². The Bertz CT molecular complexity index is 499. The summed E-state index contributed by atoms with van der Waals surface area (Å²) >= 11 is 3.39. The smallest absolute Gasteiger partial charge is 0.144 e. The number of rotatable bonds is 6. The van der Waals surface area contributed by atoms with Crippen molar-refractivity contribution in [1.29, 1.82) is 0 Å². The molecule has 5 heteroatoms. The Kier molecular flexibility index (Phi) is 5.15. The summed E-state index contributed by atoms with van der Waals surface area (Å²) in [5.74, 6) is 1.62. The van der Waals surface area contributed by atoms with Crippen LogP contribution in [0.5, 0.6) is 5.75 Å². The molecule has 4 nitrogen and oxygen atoms in total. The van der Waals surface area contributed by atoms with Gasteiger partial charge in [0.25, 0.3) is 0 Å². The fourth-order valence-electron chi connectivity index (χ4n) is 1.46. The van der Waals surface area contributed by atoms with Crippen LogP contribution in [-0.2, 0) is 6.61 Å². The predicted octanol–water partition coefficient (Wildman–Crippen LogP) is 3.64. The molecule has 0 aliphatic carbocycles. The van der Waals surface area contributed by atoms with Crippen LogP contribution in [0.25, 0.3) is 0 Å². The van der Waals surface area contributed by atoms with E-state index in [1.165, 1.54) is 0 Å². The fraction of sp³-hybridized carbons (Fsp3) is 0.286. The van der Waals surface area contributed by atoms with Crippen molar-refractivity contribution in [2.75, 3.05) is 11.9 Å². The molecule has 0 amide bonds. The molecule has 0 unspecified atom stereocenters. The molecular weight excluding hydrogens is 306 g/mol. The van der Waals surface area contributed by atoms with E-state index in [9.17, 15) is 0 Å². The summed E-state index contributed by atoms with van der Waals surface area (Å²) in [4.78, 5) is 8.59. The summed E-state index contributed by atoms with van der Waals surface area (Å²) in [7, 11) is 0. The number of halogens is 1. The van der Waals surface area contributed by atoms with Gasteiger partial charge in [-0.25, -0.2) is 4.98 Å². The van der Waals surface area contributed by atoms with E-state index < -0.39 is 0 Å². The van der Waals surface area contributed by atoms with Gasteiger partial charge in [-0.1, -0.05) is 22.9 Å². The first-order valence-corrected chi connectivity index (χ1v) is 7.00. The van der Waals surface area contributed by atoms with E-state index in [4.69, 9.17) is 4.74 Å². The molecule has 19 heavy (non-hydrogen) atoms. The van der Waals surface area contributed by atoms with Crippen LogP contribution < -0.4 is 10.1 Å². The summed E-state index contributed by atoms with van der Waals surface area (Å²) in [6.07, 6.45) is 4.53. The van der Waals surface area contributed by atoms with Crippen LogP contribution in [0.4, 0.5) is 5.82 Å². The van der Waals surface area contributed by atoms with Crippen LogP contribution in [0.2, 0.25) is 0 Å². The van der Waals surface area contributed by atoms with Gasteiger partial charge in [0.05, 0.1) is 18.1 Å². The lowest BCUT2D eigenvalue weighted by Gasteiger charge is -2.07. The minimum atomic E-state index is 0.419. The van der Waals surface area contributed by atoms with E-state index in [1.807, 2.05) is 24.3 Å². The van der Waals surface area contributed by atoms with Gasteiger partial charge in [-0.15, -0.1) is 0 Å². The van der Waals surface area contributed by atoms with Crippen molar-refractivity contribution in [2.45, 2.75) is 20.0 Å². The number of nitrogens with zero attached hydrogens (tertiary/aromatic N) is 2. The Morgan fingerprint density at radius 1 is 1.16 bits per heavy atom. The molecule has 0 bridgehead atoms. The van der Waals surface area contributed by atoms with Crippen LogP contribution in [0, 0.1) is 0 Å². The maximum absolute atomic E-state index is 5.62. The Hall–Kier alpha value is -1.62. The Morgan fingerprint density at radius 3 is 2.58 bits per heavy atom. The van der Waals surface area contributed by atoms with Crippen molar-refractivity contribution in [1.82, 2.24) is 9.97 Å². The van der Waals surface area contributed by atoms with Gasteiger partial charge in [0.1, 0.15) is 18.2 Å². The molecule has 1 N–H and O–H groups in total. The van der Waals surface area contributed by atoms with Crippen molar-refractivity contribution in [3.63, 3.8) is 0 Å². The molecule has 0 fully saturated rings. The number of anilines is 1. The van der Waals surface area contributed by atoms with Crippen molar-refractivity contribution >= 4 is 21.7 Å². The first-order valence-electron chi connectivity index (χ1n) is 6.21. The molecule has 1 aromatic carbocycles. The van der Waals surface area contributed by atoms with E-state index in [-0.39, 0.29) is 0 Å². The van der Waals surface area contributed by atoms with Crippen LogP contribution in [0.1, 0.15) is 19.0 Å². The van der Waals surface area contributed by atoms with Crippen LogP contribution in [0.15, 0.2) is 41.1 Å². The topological polar surface area (TPSA) is 47.0 Å². The van der Waals surface area contributed by atoms with E-state index in [0.29, 0.717) is 6.61 Å². The zero-order valence-corrected chi connectivity index (χ0v) is 12.4. The second kappa shape index (κ2) is 7.09. The standard InChI is InChI=1S/C14H16BrN3O/c1-2-7-16-14-9-17-12(8-18-14)10-19-13-5-3-11(15)4-6-13/h3-6,8-9H,2,7,10H2,1H3,(H,16,18). The van der Waals surface area contributed by atoms with Gasteiger partial charge in [0, 0.05) is 11.0 Å². The van der Waals surface area contributed by atoms with Gasteiger partial charge in [-0.3, -0.25) is 4.98 Å². The van der Waals surface area contributed by atoms with Gasteiger partial charge < -0.3 is 10.1 Å². The highest BCUT2D eigenvalue weighted by Crippen LogP contribution is 2.17. The molecule has 0 saturated carbocycles. The average molecular weight is 322 g/mol. The normalized spacial score (nSPS) is 10.2. The molecular formula is C14H16BrN3O. The monoisotopic (exact) mass is 321 g/mol. The number of benzene rings is 1. The first-order chi connectivity index (χ1) is 9.28. The van der Waals surface area contributed by atoms with Gasteiger partial charge in [-0.2, -0.15) is 0 Å². The minimum absolute atomic E-state index is 0.419. The van der Waals surface area contributed by atoms with Crippen molar-refractivity contribution in [3.8, 4) is 5.75 Å². The van der Waals surface area contributed by atoms with E-state index in [0.717, 1.165) is 34.7 Å². The summed E-state index contributed by atoms with van der Waals surface area (Å²) in [5, 5.41) is 3.18. The van der Waals surface area contributed by atoms with Crippen molar-refractivity contribution in [2.24, 2.45) is 0 Å². The Balaban J connectivity index is 1.87. The Labute approximate surface area is 121 Å². The third kappa shape index (κ3) is 4.52. The summed E-state index contributed by atoms with van der Waals surface area (Å²) in [6.45, 7) is 3.44. The van der Waals surface area contributed by atoms with Gasteiger partial charge in [0.15, 0.2) is 0 Å². The van der Waals surface area contributed by atoms with E-state index >= 15 is 0 Å². The SMILES string of the molecule is CCCNc1cnc(COc2ccc(Br)cc2)cn1. The zero-order valence-electron chi connectivity index (χ0n) is 10.8. The molecule has 100 valence electrons. The largest absolute Gasteiger partial charge is 0.487 e. The molecule has 0 spiro atoms. The molecule has 1 heterocycles. The number of aromatic nitrogens is 2. The van der Waals surface area contributed by atoms with E-state index in [2.05, 4.69) is 38.1 Å². The molecule has 1 aromatic heterocycles. The lowest BCUT2D eigenvalue weighted by Crippen LogP contribution is -2.04. The lowest BCUT2D eigenvalue weighted by molar-refractivity contribution is 0.301. The molecule has 0 radical (unpaired) electrons. The quantitative estimate of drug-likeness (QED) is 0.882. The van der Waals surface area contributed by atoms with E-state index in [1.54, 1.807) is 12.4 Å². The number of hydrogen-bond acceptors (Lipinski definition) is 4. The molecule has 0 atom stereocenters. The molecule has 0 saturated heterocycles. The second-order valence-corrected chi connectivity index (χ2v) is 4.98. The number of nitrogens with one attached hydrogen (secondary N) is 1. The highest BCUT2D eigenvalue weighted by atomic mass is 79.9. The lowest BCUT2D eigenvalue weighted by atomic mass is 10.3. The van der Waals surface area contributed by atoms with Gasteiger partial charge in [-0.05, 0) is 30.7 Å². The highest BCUT2D eigenvalue weighted by Gasteiger charge is 1.99. The summed E-state index contributed by atoms with van der Waals surface area (Å²) < 4.78 is 6.66. The predicted molar refractivity (Wildman–Crippen MR) is 79.3 cm³/mol. The second-order valence-electron chi connectivity index (χ2n) is 4.06. The highest BCUT2D eigenvalue weighted by molar-refractivity contribution is 9.10. The maximum Gasteiger partial charge on any atom is 0.144 e. The van der Waals surface area contributed by atoms with Gasteiger partial charge in [0.2, 0.25) is 0 Å². The number of hydrogen-bond donors (Lipinski definition) is 1. The van der Waals surface area contributed by atoms with Crippen LogP contribution in [-0.4, -0.2) is 16.5 Å². The first kappa shape index (κ1) is 13.8. The molecule has 0 aliphatic heterocycles. The molecule has 2 aromatic rings. The van der Waals surface area contributed by atoms with Crippen LogP contribution >= 0.6 is 15.9 Å². The minimum Gasteiger partial charge on any atom is -0.487 e. The van der Waals surface area contributed by atoms with Crippen molar-refractivity contribution < 1.29 is 4.74 Å². The number of ether oxygens (including phenoxy) is 1. The summed E-state index contributed by atoms with van der Waals surface area (Å²) in [5.41, 5.74) is 0.810. The Morgan fingerprint density at radius 2 is 1.95 bits per heavy atom.